The summed E-state index contributed by atoms with van der Waals surface area (Å²) in [4.78, 5) is 41.2. The number of rotatable bonds is 9. The number of Topliss-reactive ketones (excluding diaryl/α,β-unsaturated/α-hetero) is 1. The molecule has 0 aliphatic rings. The summed E-state index contributed by atoms with van der Waals surface area (Å²) in [5.41, 5.74) is 2.32. The Kier molecular flexibility index (Phi) is 7.61. The molecule has 8 nitrogen and oxygen atoms in total. The number of ether oxygens (including phenoxy) is 2. The molecule has 0 spiro atoms. The first-order valence-electron chi connectivity index (χ1n) is 11.1. The standard InChI is InChI=1S/C26H30N2O6/c1-7-33-26(31)23-16(2)22(17(3)27(23)5)24(29)18(4)28(15-21-9-8-14-34-21)25(30)19-10-12-20(32-6)13-11-19/h8-14,18H,7,15H2,1-6H3. The molecular formula is C26H30N2O6. The molecule has 2 aromatic heterocycles. The lowest BCUT2D eigenvalue weighted by Crippen LogP contribution is -2.43. The van der Waals surface area contributed by atoms with E-state index >= 15 is 0 Å². The van der Waals surface area contributed by atoms with Gasteiger partial charge in [0.05, 0.1) is 32.6 Å². The van der Waals surface area contributed by atoms with Crippen molar-refractivity contribution in [2.45, 2.75) is 40.3 Å². The van der Waals surface area contributed by atoms with Gasteiger partial charge in [-0.05, 0) is 69.7 Å². The molecule has 34 heavy (non-hydrogen) atoms. The number of hydrogen-bond acceptors (Lipinski definition) is 6. The smallest absolute Gasteiger partial charge is 0.355 e. The maximum atomic E-state index is 13.7. The van der Waals surface area contributed by atoms with Crippen molar-refractivity contribution in [2.75, 3.05) is 13.7 Å². The van der Waals surface area contributed by atoms with Crippen molar-refractivity contribution in [3.8, 4) is 5.75 Å². The number of aromatic nitrogens is 1. The quantitative estimate of drug-likeness (QED) is 0.344. The fraction of sp³-hybridized carbons (Fsp3) is 0.346. The number of amides is 1. The Morgan fingerprint density at radius 3 is 2.35 bits per heavy atom. The van der Waals surface area contributed by atoms with Crippen molar-refractivity contribution in [3.63, 3.8) is 0 Å². The van der Waals surface area contributed by atoms with Gasteiger partial charge in [-0.1, -0.05) is 0 Å². The number of furan rings is 1. The second-order valence-electron chi connectivity index (χ2n) is 7.99. The average Bonchev–Trinajstić information content (AvgIpc) is 3.42. The van der Waals surface area contributed by atoms with Crippen LogP contribution in [-0.2, 0) is 18.3 Å². The average molecular weight is 467 g/mol. The van der Waals surface area contributed by atoms with Crippen LogP contribution in [0.4, 0.5) is 0 Å². The van der Waals surface area contributed by atoms with Crippen LogP contribution in [0.2, 0.25) is 0 Å². The lowest BCUT2D eigenvalue weighted by Gasteiger charge is -2.28. The van der Waals surface area contributed by atoms with E-state index in [0.717, 1.165) is 0 Å². The van der Waals surface area contributed by atoms with Crippen LogP contribution in [0.1, 0.15) is 62.1 Å². The Morgan fingerprint density at radius 2 is 1.79 bits per heavy atom. The van der Waals surface area contributed by atoms with Gasteiger partial charge < -0.3 is 23.4 Å². The van der Waals surface area contributed by atoms with Crippen LogP contribution in [0.15, 0.2) is 47.1 Å². The molecule has 8 heteroatoms. The number of benzene rings is 1. The van der Waals surface area contributed by atoms with Gasteiger partial charge >= 0.3 is 5.97 Å². The lowest BCUT2D eigenvalue weighted by atomic mass is 9.99. The van der Waals surface area contributed by atoms with Crippen molar-refractivity contribution in [1.29, 1.82) is 0 Å². The van der Waals surface area contributed by atoms with Gasteiger partial charge in [-0.3, -0.25) is 9.59 Å². The van der Waals surface area contributed by atoms with Crippen LogP contribution >= 0.6 is 0 Å². The molecule has 180 valence electrons. The topological polar surface area (TPSA) is 91.0 Å². The molecule has 1 unspecified atom stereocenters. The first kappa shape index (κ1) is 24.8. The minimum Gasteiger partial charge on any atom is -0.497 e. The molecule has 0 radical (unpaired) electrons. The van der Waals surface area contributed by atoms with Gasteiger partial charge in [0.2, 0.25) is 0 Å². The van der Waals surface area contributed by atoms with Crippen molar-refractivity contribution in [3.05, 3.63) is 76.5 Å². The van der Waals surface area contributed by atoms with Crippen LogP contribution in [0.3, 0.4) is 0 Å². The molecule has 0 aliphatic carbocycles. The van der Waals surface area contributed by atoms with Gasteiger partial charge in [0.25, 0.3) is 5.91 Å². The third-order valence-corrected chi connectivity index (χ3v) is 6.00. The summed E-state index contributed by atoms with van der Waals surface area (Å²) in [6, 6.07) is 9.37. The first-order chi connectivity index (χ1) is 16.2. The number of hydrogen-bond donors (Lipinski definition) is 0. The predicted molar refractivity (Wildman–Crippen MR) is 126 cm³/mol. The summed E-state index contributed by atoms with van der Waals surface area (Å²) in [6.07, 6.45) is 1.52. The van der Waals surface area contributed by atoms with Crippen LogP contribution < -0.4 is 4.74 Å². The Morgan fingerprint density at radius 1 is 1.12 bits per heavy atom. The third kappa shape index (κ3) is 4.76. The van der Waals surface area contributed by atoms with Crippen LogP contribution in [-0.4, -0.2) is 46.9 Å². The van der Waals surface area contributed by atoms with E-state index in [1.807, 2.05) is 0 Å². The van der Waals surface area contributed by atoms with Gasteiger partial charge in [0, 0.05) is 23.9 Å². The molecule has 0 aliphatic heterocycles. The second kappa shape index (κ2) is 10.4. The molecule has 2 heterocycles. The maximum absolute atomic E-state index is 13.7. The van der Waals surface area contributed by atoms with E-state index < -0.39 is 12.0 Å². The molecule has 0 saturated heterocycles. The van der Waals surface area contributed by atoms with E-state index in [1.54, 1.807) is 82.8 Å². The summed E-state index contributed by atoms with van der Waals surface area (Å²) < 4.78 is 17.5. The number of ketones is 1. The summed E-state index contributed by atoms with van der Waals surface area (Å²) in [5.74, 6) is 0.0981. The van der Waals surface area contributed by atoms with E-state index in [0.29, 0.717) is 39.6 Å². The number of carbonyl (C=O) groups is 3. The molecule has 0 N–H and O–H groups in total. The van der Waals surface area contributed by atoms with Gasteiger partial charge in [0.1, 0.15) is 17.2 Å². The molecule has 1 aromatic carbocycles. The summed E-state index contributed by atoms with van der Waals surface area (Å²) in [7, 11) is 3.27. The normalized spacial score (nSPS) is 11.7. The zero-order valence-electron chi connectivity index (χ0n) is 20.4. The fourth-order valence-electron chi connectivity index (χ4n) is 4.03. The molecule has 3 rings (SSSR count). The minimum atomic E-state index is -0.824. The van der Waals surface area contributed by atoms with E-state index in [1.165, 1.54) is 11.2 Å². The molecule has 0 bridgehead atoms. The number of methoxy groups -OCH3 is 1. The van der Waals surface area contributed by atoms with Gasteiger partial charge in [0.15, 0.2) is 5.78 Å². The maximum Gasteiger partial charge on any atom is 0.355 e. The summed E-state index contributed by atoms with van der Waals surface area (Å²) in [6.45, 7) is 7.26. The number of esters is 1. The zero-order valence-corrected chi connectivity index (χ0v) is 20.4. The third-order valence-electron chi connectivity index (χ3n) is 6.00. The largest absolute Gasteiger partial charge is 0.497 e. The van der Waals surface area contributed by atoms with Crippen LogP contribution in [0.5, 0.6) is 5.75 Å². The lowest BCUT2D eigenvalue weighted by molar-refractivity contribution is 0.0513. The highest BCUT2D eigenvalue weighted by Gasteiger charge is 2.33. The van der Waals surface area contributed by atoms with E-state index in [9.17, 15) is 14.4 Å². The van der Waals surface area contributed by atoms with E-state index in [4.69, 9.17) is 13.9 Å². The zero-order chi connectivity index (χ0) is 25.0. The van der Waals surface area contributed by atoms with Crippen molar-refractivity contribution in [2.24, 2.45) is 7.05 Å². The van der Waals surface area contributed by atoms with Gasteiger partial charge in [-0.2, -0.15) is 0 Å². The fourth-order valence-corrected chi connectivity index (χ4v) is 4.03. The van der Waals surface area contributed by atoms with Gasteiger partial charge in [-0.15, -0.1) is 0 Å². The van der Waals surface area contributed by atoms with Crippen molar-refractivity contribution in [1.82, 2.24) is 9.47 Å². The highest BCUT2D eigenvalue weighted by Crippen LogP contribution is 2.26. The Bertz CT molecular complexity index is 1180. The van der Waals surface area contributed by atoms with Crippen LogP contribution in [0, 0.1) is 13.8 Å². The highest BCUT2D eigenvalue weighted by atomic mass is 16.5. The monoisotopic (exact) mass is 466 g/mol. The van der Waals surface area contributed by atoms with E-state index in [-0.39, 0.29) is 24.8 Å². The van der Waals surface area contributed by atoms with Gasteiger partial charge in [-0.25, -0.2) is 4.79 Å². The summed E-state index contributed by atoms with van der Waals surface area (Å²) in [5, 5.41) is 0. The number of carbonyl (C=O) groups excluding carboxylic acids is 3. The molecule has 1 atom stereocenters. The molecule has 1 amide bonds. The SMILES string of the molecule is CCOC(=O)c1c(C)c(C(=O)C(C)N(Cc2ccco2)C(=O)c2ccc(OC)cc2)c(C)n1C. The highest BCUT2D eigenvalue weighted by molar-refractivity contribution is 6.07. The molecule has 0 fully saturated rings. The Hall–Kier alpha value is -3.81. The molecule has 3 aromatic rings. The van der Waals surface area contributed by atoms with Crippen molar-refractivity contribution < 1.29 is 28.3 Å². The number of nitrogens with zero attached hydrogens (tertiary/aromatic N) is 2. The second-order valence-corrected chi connectivity index (χ2v) is 7.99. The Labute approximate surface area is 199 Å². The van der Waals surface area contributed by atoms with E-state index in [2.05, 4.69) is 0 Å². The summed E-state index contributed by atoms with van der Waals surface area (Å²) >= 11 is 0. The van der Waals surface area contributed by atoms with Crippen LogP contribution in [0.25, 0.3) is 0 Å². The van der Waals surface area contributed by atoms with Crippen molar-refractivity contribution >= 4 is 17.7 Å². The minimum absolute atomic E-state index is 0.112. The molecular weight excluding hydrogens is 436 g/mol. The Balaban J connectivity index is 2.00. The predicted octanol–water partition coefficient (Wildman–Crippen LogP) is 4.33. The molecule has 0 saturated carbocycles. The first-order valence-corrected chi connectivity index (χ1v) is 11.1.